The van der Waals surface area contributed by atoms with Crippen molar-refractivity contribution >= 4 is 34.9 Å². The van der Waals surface area contributed by atoms with Crippen LogP contribution in [-0.2, 0) is 4.74 Å². The van der Waals surface area contributed by atoms with Crippen LogP contribution in [0.1, 0.15) is 29.3 Å². The average Bonchev–Trinajstić information content (AvgIpc) is 3.26. The van der Waals surface area contributed by atoms with E-state index in [9.17, 15) is 9.59 Å². The minimum atomic E-state index is -0.283. The predicted octanol–water partition coefficient (Wildman–Crippen LogP) is 2.76. The second-order valence-electron chi connectivity index (χ2n) is 8.84. The van der Waals surface area contributed by atoms with Gasteiger partial charge in [0.1, 0.15) is 0 Å². The normalized spacial score (nSPS) is 16.5. The van der Waals surface area contributed by atoms with E-state index >= 15 is 0 Å². The molecule has 0 unspecified atom stereocenters. The first-order valence-electron chi connectivity index (χ1n) is 11.8. The van der Waals surface area contributed by atoms with E-state index in [0.717, 1.165) is 42.0 Å². The van der Waals surface area contributed by atoms with Crippen LogP contribution in [0.2, 0.25) is 0 Å². The number of hydrogen-bond acceptors (Lipinski definition) is 7. The largest absolute Gasteiger partial charge is 0.450 e. The number of nitrogens with zero attached hydrogens (tertiary/aromatic N) is 5. The van der Waals surface area contributed by atoms with Gasteiger partial charge >= 0.3 is 6.09 Å². The molecule has 2 aromatic heterocycles. The first-order valence-corrected chi connectivity index (χ1v) is 11.8. The van der Waals surface area contributed by atoms with Gasteiger partial charge in [0.2, 0.25) is 5.95 Å². The Labute approximate surface area is 203 Å². The van der Waals surface area contributed by atoms with Crippen molar-refractivity contribution in [3.8, 4) is 0 Å². The Kier molecular flexibility index (Phi) is 6.37. The summed E-state index contributed by atoms with van der Waals surface area (Å²) in [6.07, 6.45) is 4.34. The van der Waals surface area contributed by atoms with E-state index < -0.39 is 0 Å². The maximum atomic E-state index is 12.4. The third kappa shape index (κ3) is 4.97. The first kappa shape index (κ1) is 22.9. The summed E-state index contributed by atoms with van der Waals surface area (Å²) >= 11 is 0. The lowest BCUT2D eigenvalue weighted by molar-refractivity contribution is 0.0857. The number of pyridine rings is 1. The van der Waals surface area contributed by atoms with Gasteiger partial charge in [-0.1, -0.05) is 6.08 Å². The van der Waals surface area contributed by atoms with Crippen molar-refractivity contribution in [3.63, 3.8) is 0 Å². The van der Waals surface area contributed by atoms with E-state index in [1.165, 1.54) is 0 Å². The molecule has 3 aromatic rings. The van der Waals surface area contributed by atoms with Crippen LogP contribution in [-0.4, -0.2) is 82.3 Å². The first-order chi connectivity index (χ1) is 17.0. The Morgan fingerprint density at radius 1 is 1.17 bits per heavy atom. The quantitative estimate of drug-likeness (QED) is 0.565. The molecule has 1 fully saturated rings. The van der Waals surface area contributed by atoms with Gasteiger partial charge in [0.15, 0.2) is 5.65 Å². The highest BCUT2D eigenvalue weighted by molar-refractivity contribution is 5.94. The number of amides is 2. The lowest BCUT2D eigenvalue weighted by Gasteiger charge is -2.36. The monoisotopic (exact) mass is 475 g/mol. The molecule has 10 nitrogen and oxygen atoms in total. The van der Waals surface area contributed by atoms with Gasteiger partial charge in [-0.25, -0.2) is 9.31 Å². The number of likely N-dealkylation sites (N-methyl/N-ethyl adjacent to an activating group) is 1. The topological polar surface area (TPSA) is 104 Å². The van der Waals surface area contributed by atoms with Gasteiger partial charge in [0.05, 0.1) is 12.6 Å². The van der Waals surface area contributed by atoms with E-state index in [2.05, 4.69) is 20.6 Å². The molecule has 1 saturated heterocycles. The number of ether oxygens (including phenoxy) is 1. The minimum absolute atomic E-state index is 0.0626. The van der Waals surface area contributed by atoms with E-state index in [1.807, 2.05) is 43.6 Å². The fraction of sp³-hybridized carbons (Fsp3) is 0.360. The molecule has 0 radical (unpaired) electrons. The smallest absolute Gasteiger partial charge is 0.410 e. The molecule has 5 rings (SSSR count). The molecular weight excluding hydrogens is 446 g/mol. The van der Waals surface area contributed by atoms with Crippen LogP contribution in [0.15, 0.2) is 48.7 Å². The van der Waals surface area contributed by atoms with Gasteiger partial charge in [-0.15, -0.1) is 5.10 Å². The number of nitrogens with one attached hydrogen (secondary N) is 2. The molecule has 0 saturated carbocycles. The van der Waals surface area contributed by atoms with Gasteiger partial charge in [0, 0.05) is 49.2 Å². The lowest BCUT2D eigenvalue weighted by atomic mass is 10.0. The standard InChI is InChI=1S/C25H29N7O3/c1-3-35-25(34)31-13-10-17(11-14-31)21-5-4-12-32-22(21)28-24(29-32)27-19-8-6-18(7-9-19)23(33)26-20-15-30(2)16-20/h4-10,12,20H,3,11,13-16H2,1-2H3,(H,26,33)(H,27,29). The van der Waals surface area contributed by atoms with Crippen LogP contribution in [0, 0.1) is 0 Å². The SMILES string of the molecule is CCOC(=O)N1CC=C(c2cccn3nc(Nc4ccc(C(=O)NC5CN(C)C5)cc4)nc23)CC1. The Balaban J connectivity index is 1.27. The van der Waals surface area contributed by atoms with Gasteiger partial charge < -0.3 is 25.2 Å². The number of likely N-dealkylation sites (tertiary alicyclic amines) is 1. The van der Waals surface area contributed by atoms with E-state index in [0.29, 0.717) is 31.2 Å². The van der Waals surface area contributed by atoms with Crippen molar-refractivity contribution in [3.05, 3.63) is 59.8 Å². The van der Waals surface area contributed by atoms with Crippen molar-refractivity contribution in [1.82, 2.24) is 29.7 Å². The minimum Gasteiger partial charge on any atom is -0.450 e. The summed E-state index contributed by atoms with van der Waals surface area (Å²) in [5.74, 6) is 0.407. The zero-order valence-corrected chi connectivity index (χ0v) is 19.9. The molecule has 2 amide bonds. The van der Waals surface area contributed by atoms with E-state index in [4.69, 9.17) is 9.72 Å². The second-order valence-corrected chi connectivity index (χ2v) is 8.84. The van der Waals surface area contributed by atoms with Crippen molar-refractivity contribution in [2.45, 2.75) is 19.4 Å². The fourth-order valence-corrected chi connectivity index (χ4v) is 4.40. The van der Waals surface area contributed by atoms with Crippen molar-refractivity contribution in [2.24, 2.45) is 0 Å². The number of carbonyl (C=O) groups excluding carboxylic acids is 2. The molecule has 4 heterocycles. The van der Waals surface area contributed by atoms with Gasteiger partial charge in [0.25, 0.3) is 5.91 Å². The van der Waals surface area contributed by atoms with Crippen molar-refractivity contribution in [2.75, 3.05) is 45.2 Å². The summed E-state index contributed by atoms with van der Waals surface area (Å²) in [7, 11) is 2.03. The summed E-state index contributed by atoms with van der Waals surface area (Å²) in [5, 5.41) is 10.8. The van der Waals surface area contributed by atoms with Crippen LogP contribution < -0.4 is 10.6 Å². The highest BCUT2D eigenvalue weighted by atomic mass is 16.6. The number of benzene rings is 1. The highest BCUT2D eigenvalue weighted by Gasteiger charge is 2.25. The van der Waals surface area contributed by atoms with Crippen LogP contribution >= 0.6 is 0 Å². The van der Waals surface area contributed by atoms with E-state index in [-0.39, 0.29) is 18.0 Å². The molecular formula is C25H29N7O3. The molecule has 182 valence electrons. The third-order valence-corrected chi connectivity index (χ3v) is 6.25. The second kappa shape index (κ2) is 9.75. The zero-order chi connectivity index (χ0) is 24.4. The molecule has 10 heteroatoms. The average molecular weight is 476 g/mol. The van der Waals surface area contributed by atoms with Crippen LogP contribution in [0.3, 0.4) is 0 Å². The third-order valence-electron chi connectivity index (χ3n) is 6.25. The number of hydrogen-bond donors (Lipinski definition) is 2. The van der Waals surface area contributed by atoms with Gasteiger partial charge in [-0.3, -0.25) is 4.79 Å². The molecule has 0 atom stereocenters. The number of fused-ring (bicyclic) bond motifs is 1. The number of aromatic nitrogens is 3. The van der Waals surface area contributed by atoms with E-state index in [1.54, 1.807) is 28.5 Å². The maximum Gasteiger partial charge on any atom is 0.410 e. The Hall–Kier alpha value is -3.92. The maximum absolute atomic E-state index is 12.4. The molecule has 35 heavy (non-hydrogen) atoms. The van der Waals surface area contributed by atoms with Crippen LogP contribution in [0.25, 0.3) is 11.2 Å². The molecule has 2 aliphatic rings. The van der Waals surface area contributed by atoms with Crippen LogP contribution in [0.4, 0.5) is 16.4 Å². The Bertz CT molecular complexity index is 1260. The molecule has 0 spiro atoms. The summed E-state index contributed by atoms with van der Waals surface area (Å²) in [6.45, 7) is 5.05. The van der Waals surface area contributed by atoms with Crippen LogP contribution in [0.5, 0.6) is 0 Å². The van der Waals surface area contributed by atoms with Crippen molar-refractivity contribution in [1.29, 1.82) is 0 Å². The molecule has 0 bridgehead atoms. The zero-order valence-electron chi connectivity index (χ0n) is 19.9. The Morgan fingerprint density at radius 3 is 2.66 bits per heavy atom. The molecule has 1 aromatic carbocycles. The Morgan fingerprint density at radius 2 is 1.97 bits per heavy atom. The van der Waals surface area contributed by atoms with Gasteiger partial charge in [-0.05, 0) is 62.4 Å². The number of rotatable bonds is 6. The number of carbonyl (C=O) groups is 2. The molecule has 0 aliphatic carbocycles. The summed E-state index contributed by atoms with van der Waals surface area (Å²) in [5.41, 5.74) is 4.28. The fourth-order valence-electron chi connectivity index (χ4n) is 4.40. The lowest BCUT2D eigenvalue weighted by Crippen LogP contribution is -2.57. The van der Waals surface area contributed by atoms with Crippen molar-refractivity contribution < 1.29 is 14.3 Å². The summed E-state index contributed by atoms with van der Waals surface area (Å²) < 4.78 is 6.84. The number of anilines is 2. The highest BCUT2D eigenvalue weighted by Crippen LogP contribution is 2.26. The summed E-state index contributed by atoms with van der Waals surface area (Å²) in [4.78, 5) is 32.9. The molecule has 2 aliphatic heterocycles. The summed E-state index contributed by atoms with van der Waals surface area (Å²) in [6, 6.07) is 11.5. The van der Waals surface area contributed by atoms with Gasteiger partial charge in [-0.2, -0.15) is 4.98 Å². The molecule has 2 N–H and O–H groups in total. The predicted molar refractivity (Wildman–Crippen MR) is 133 cm³/mol.